The minimum Gasteiger partial charge on any atom is -0.492 e. The Balaban J connectivity index is 1.76. The summed E-state index contributed by atoms with van der Waals surface area (Å²) in [6.07, 6.45) is 3.85. The Morgan fingerprint density at radius 2 is 2.15 bits per heavy atom. The van der Waals surface area contributed by atoms with E-state index >= 15 is 0 Å². The maximum absolute atomic E-state index is 5.97. The quantitative estimate of drug-likeness (QED) is 0.728. The minimum absolute atomic E-state index is 0.799. The number of benzene rings is 1. The number of hydrogen-bond acceptors (Lipinski definition) is 2. The van der Waals surface area contributed by atoms with Crippen LogP contribution in [-0.4, -0.2) is 31.1 Å². The largest absolute Gasteiger partial charge is 0.492 e. The number of likely N-dealkylation sites (tertiary alicyclic amines) is 1. The van der Waals surface area contributed by atoms with Crippen LogP contribution in [0.5, 0.6) is 5.75 Å². The third kappa shape index (κ3) is 4.49. The van der Waals surface area contributed by atoms with E-state index in [9.17, 15) is 0 Å². The van der Waals surface area contributed by atoms with Crippen molar-refractivity contribution in [3.05, 3.63) is 27.7 Å². The van der Waals surface area contributed by atoms with Crippen LogP contribution in [-0.2, 0) is 0 Å². The second-order valence-electron chi connectivity index (χ2n) is 6.14. The molecule has 0 bridgehead atoms. The Labute approximate surface area is 131 Å². The van der Waals surface area contributed by atoms with Gasteiger partial charge < -0.3 is 9.64 Å². The lowest BCUT2D eigenvalue weighted by Crippen LogP contribution is -2.35. The number of piperidine rings is 1. The number of hydrogen-bond donors (Lipinski definition) is 0. The van der Waals surface area contributed by atoms with Gasteiger partial charge in [-0.15, -0.1) is 0 Å². The fourth-order valence-electron chi connectivity index (χ4n) is 3.04. The molecule has 112 valence electrons. The van der Waals surface area contributed by atoms with E-state index in [-0.39, 0.29) is 0 Å². The predicted octanol–water partition coefficient (Wildman–Crippen LogP) is 4.57. The molecule has 3 heteroatoms. The summed E-state index contributed by atoms with van der Waals surface area (Å²) < 4.78 is 7.04. The van der Waals surface area contributed by atoms with E-state index in [0.29, 0.717) is 0 Å². The molecule has 2 nitrogen and oxygen atoms in total. The third-order valence-corrected chi connectivity index (χ3v) is 4.57. The van der Waals surface area contributed by atoms with Gasteiger partial charge in [-0.25, -0.2) is 0 Å². The normalized spacial score (nSPS) is 20.1. The summed E-state index contributed by atoms with van der Waals surface area (Å²) in [5.74, 6) is 1.86. The average Bonchev–Trinajstić information content (AvgIpc) is 2.36. The molecule has 20 heavy (non-hydrogen) atoms. The molecule has 0 amide bonds. The lowest BCUT2D eigenvalue weighted by molar-refractivity contribution is 0.169. The summed E-state index contributed by atoms with van der Waals surface area (Å²) in [5, 5.41) is 0. The molecule has 1 aliphatic rings. The predicted molar refractivity (Wildman–Crippen MR) is 88.6 cm³/mol. The van der Waals surface area contributed by atoms with Crippen LogP contribution < -0.4 is 4.74 Å². The zero-order valence-corrected chi connectivity index (χ0v) is 14.5. The maximum Gasteiger partial charge on any atom is 0.136 e. The van der Waals surface area contributed by atoms with Crippen LogP contribution in [0.3, 0.4) is 0 Å². The van der Waals surface area contributed by atoms with Crippen molar-refractivity contribution in [3.63, 3.8) is 0 Å². The average molecular weight is 340 g/mol. The highest BCUT2D eigenvalue weighted by molar-refractivity contribution is 9.10. The van der Waals surface area contributed by atoms with Crippen LogP contribution >= 0.6 is 15.9 Å². The molecule has 2 rings (SSSR count). The van der Waals surface area contributed by atoms with Gasteiger partial charge in [-0.2, -0.15) is 0 Å². The van der Waals surface area contributed by atoms with Crippen LogP contribution in [0.15, 0.2) is 16.6 Å². The van der Waals surface area contributed by atoms with E-state index in [0.717, 1.165) is 35.7 Å². The van der Waals surface area contributed by atoms with E-state index in [1.54, 1.807) is 0 Å². The van der Waals surface area contributed by atoms with E-state index in [4.69, 9.17) is 4.74 Å². The van der Waals surface area contributed by atoms with Gasteiger partial charge in [-0.05, 0) is 78.7 Å². The van der Waals surface area contributed by atoms with Gasteiger partial charge in [0.2, 0.25) is 0 Å². The van der Waals surface area contributed by atoms with Gasteiger partial charge in [0.1, 0.15) is 5.75 Å². The first-order valence-electron chi connectivity index (χ1n) is 7.68. The molecule has 0 aliphatic carbocycles. The van der Waals surface area contributed by atoms with Crippen molar-refractivity contribution in [2.24, 2.45) is 5.92 Å². The van der Waals surface area contributed by atoms with Gasteiger partial charge >= 0.3 is 0 Å². The highest BCUT2D eigenvalue weighted by Crippen LogP contribution is 2.30. The van der Waals surface area contributed by atoms with E-state index < -0.39 is 0 Å². The van der Waals surface area contributed by atoms with Crippen molar-refractivity contribution >= 4 is 15.9 Å². The first-order valence-corrected chi connectivity index (χ1v) is 8.47. The summed E-state index contributed by atoms with van der Waals surface area (Å²) in [6, 6.07) is 4.29. The highest BCUT2D eigenvalue weighted by Gasteiger charge is 2.15. The molecule has 0 aromatic heterocycles. The fourth-order valence-corrected chi connectivity index (χ4v) is 3.83. The van der Waals surface area contributed by atoms with Crippen molar-refractivity contribution in [2.45, 2.75) is 40.0 Å². The van der Waals surface area contributed by atoms with Gasteiger partial charge in [0, 0.05) is 13.1 Å². The van der Waals surface area contributed by atoms with Gasteiger partial charge in [0.05, 0.1) is 11.1 Å². The number of rotatable bonds is 5. The molecule has 1 aromatic carbocycles. The molecule has 0 spiro atoms. The second-order valence-corrected chi connectivity index (χ2v) is 7.00. The number of ether oxygens (including phenoxy) is 1. The molecule has 0 radical (unpaired) electrons. The maximum atomic E-state index is 5.97. The Morgan fingerprint density at radius 1 is 1.35 bits per heavy atom. The zero-order valence-electron chi connectivity index (χ0n) is 12.9. The topological polar surface area (TPSA) is 12.5 Å². The Kier molecular flexibility index (Phi) is 5.91. The van der Waals surface area contributed by atoms with Crippen LogP contribution in [0.2, 0.25) is 0 Å². The Morgan fingerprint density at radius 3 is 2.85 bits per heavy atom. The summed E-state index contributed by atoms with van der Waals surface area (Å²) in [5.41, 5.74) is 2.48. The van der Waals surface area contributed by atoms with Crippen LogP contribution in [0.4, 0.5) is 0 Å². The third-order valence-electron chi connectivity index (χ3n) is 3.98. The molecule has 0 N–H and O–H groups in total. The molecule has 0 saturated carbocycles. The monoisotopic (exact) mass is 339 g/mol. The second kappa shape index (κ2) is 7.46. The van der Waals surface area contributed by atoms with Crippen LogP contribution in [0.25, 0.3) is 0 Å². The summed E-state index contributed by atoms with van der Waals surface area (Å²) in [7, 11) is 0. The Bertz CT molecular complexity index is 424. The van der Waals surface area contributed by atoms with E-state index in [2.05, 4.69) is 53.7 Å². The summed E-state index contributed by atoms with van der Waals surface area (Å²) >= 11 is 3.60. The number of aryl methyl sites for hydroxylation is 2. The minimum atomic E-state index is 0.799. The highest BCUT2D eigenvalue weighted by atomic mass is 79.9. The van der Waals surface area contributed by atoms with Crippen molar-refractivity contribution in [1.82, 2.24) is 4.90 Å². The van der Waals surface area contributed by atoms with Gasteiger partial charge in [0.25, 0.3) is 0 Å². The smallest absolute Gasteiger partial charge is 0.136 e. The summed E-state index contributed by atoms with van der Waals surface area (Å²) in [4.78, 5) is 2.58. The zero-order chi connectivity index (χ0) is 14.5. The lowest BCUT2D eigenvalue weighted by Gasteiger charge is -2.30. The van der Waals surface area contributed by atoms with Crippen LogP contribution in [0.1, 0.15) is 37.3 Å². The molecular weight excluding hydrogens is 314 g/mol. The molecule has 1 heterocycles. The first-order chi connectivity index (χ1) is 9.56. The molecule has 1 saturated heterocycles. The van der Waals surface area contributed by atoms with Crippen molar-refractivity contribution in [3.8, 4) is 5.75 Å². The van der Waals surface area contributed by atoms with Crippen LogP contribution in [0, 0.1) is 19.8 Å². The molecule has 1 aliphatic heterocycles. The van der Waals surface area contributed by atoms with Gasteiger partial charge in [0.15, 0.2) is 0 Å². The Hall–Kier alpha value is -0.540. The van der Waals surface area contributed by atoms with E-state index in [1.165, 1.54) is 37.1 Å². The fraction of sp³-hybridized carbons (Fsp3) is 0.647. The summed E-state index contributed by atoms with van der Waals surface area (Å²) in [6.45, 7) is 11.1. The van der Waals surface area contributed by atoms with Gasteiger partial charge in [-0.1, -0.05) is 13.0 Å². The van der Waals surface area contributed by atoms with E-state index in [1.807, 2.05) is 0 Å². The van der Waals surface area contributed by atoms with Crippen molar-refractivity contribution in [2.75, 3.05) is 26.2 Å². The molecule has 1 aromatic rings. The van der Waals surface area contributed by atoms with Crippen molar-refractivity contribution < 1.29 is 4.74 Å². The van der Waals surface area contributed by atoms with Crippen molar-refractivity contribution in [1.29, 1.82) is 0 Å². The number of nitrogens with zero attached hydrogens (tertiary/aromatic N) is 1. The number of halogens is 1. The van der Waals surface area contributed by atoms with Gasteiger partial charge in [-0.3, -0.25) is 0 Å². The molecule has 1 unspecified atom stereocenters. The first kappa shape index (κ1) is 15.8. The lowest BCUT2D eigenvalue weighted by atomic mass is 10.0. The molecule has 1 atom stereocenters. The molecule has 1 fully saturated rings. The standard InChI is InChI=1S/C17H26BrNO/c1-13-6-4-7-19(12-13)8-5-9-20-17-15(3)10-14(2)11-16(17)18/h10-11,13H,4-9,12H2,1-3H3. The SMILES string of the molecule is Cc1cc(C)c(OCCCN2CCCC(C)C2)c(Br)c1. The molecular formula is C17H26BrNO.